The number of carbonyl (C=O) groups is 2. The fourth-order valence-corrected chi connectivity index (χ4v) is 2.34. The zero-order valence-corrected chi connectivity index (χ0v) is 11.6. The Kier molecular flexibility index (Phi) is 4.52. The third-order valence-corrected chi connectivity index (χ3v) is 3.53. The van der Waals surface area contributed by atoms with E-state index in [1.54, 1.807) is 0 Å². The fraction of sp³-hybridized carbons (Fsp3) is 0.429. The molecule has 0 saturated carbocycles. The Balaban J connectivity index is 2.14. The Morgan fingerprint density at radius 2 is 2.14 bits per heavy atom. The van der Waals surface area contributed by atoms with Crippen LogP contribution in [0.5, 0.6) is 0 Å². The van der Waals surface area contributed by atoms with E-state index in [2.05, 4.69) is 0 Å². The van der Waals surface area contributed by atoms with Crippen molar-refractivity contribution >= 4 is 17.5 Å². The normalized spacial score (nSPS) is 18.2. The van der Waals surface area contributed by atoms with Gasteiger partial charge in [-0.2, -0.15) is 0 Å². The van der Waals surface area contributed by atoms with Crippen molar-refractivity contribution in [3.63, 3.8) is 0 Å². The van der Waals surface area contributed by atoms with Crippen LogP contribution in [0.3, 0.4) is 0 Å². The number of aliphatic hydroxyl groups excluding tert-OH is 1. The lowest BCUT2D eigenvalue weighted by Crippen LogP contribution is -2.39. The van der Waals surface area contributed by atoms with Crippen molar-refractivity contribution in [3.8, 4) is 0 Å². The Bertz CT molecular complexity index is 565. The Labute approximate surface area is 120 Å². The SMILES string of the molecule is CN(CCO)C(=O)C1CCN(c2ccc(F)c(F)c2)C1=O. The molecule has 0 aromatic heterocycles. The van der Waals surface area contributed by atoms with E-state index in [4.69, 9.17) is 5.11 Å². The summed E-state index contributed by atoms with van der Waals surface area (Å²) < 4.78 is 26.1. The number of nitrogens with zero attached hydrogens (tertiary/aromatic N) is 2. The third kappa shape index (κ3) is 3.02. The van der Waals surface area contributed by atoms with Gasteiger partial charge < -0.3 is 14.9 Å². The molecule has 1 fully saturated rings. The molecule has 0 aliphatic carbocycles. The summed E-state index contributed by atoms with van der Waals surface area (Å²) in [6, 6.07) is 3.20. The molecule has 1 unspecified atom stereocenters. The highest BCUT2D eigenvalue weighted by Crippen LogP contribution is 2.27. The molecule has 1 saturated heterocycles. The second kappa shape index (κ2) is 6.17. The molecule has 1 aromatic carbocycles. The number of amides is 2. The van der Waals surface area contributed by atoms with Crippen LogP contribution in [0.2, 0.25) is 0 Å². The summed E-state index contributed by atoms with van der Waals surface area (Å²) in [5, 5.41) is 8.81. The lowest BCUT2D eigenvalue weighted by Gasteiger charge is -2.20. The third-order valence-electron chi connectivity index (χ3n) is 3.53. The predicted octanol–water partition coefficient (Wildman–Crippen LogP) is 0.768. The van der Waals surface area contributed by atoms with Crippen molar-refractivity contribution in [2.45, 2.75) is 6.42 Å². The highest BCUT2D eigenvalue weighted by molar-refractivity contribution is 6.09. The summed E-state index contributed by atoms with van der Waals surface area (Å²) in [4.78, 5) is 26.9. The first kappa shape index (κ1) is 15.4. The van der Waals surface area contributed by atoms with Gasteiger partial charge in [0.1, 0.15) is 5.92 Å². The van der Waals surface area contributed by atoms with E-state index in [9.17, 15) is 18.4 Å². The number of likely N-dealkylation sites (N-methyl/N-ethyl adjacent to an activating group) is 1. The zero-order valence-electron chi connectivity index (χ0n) is 11.6. The molecule has 1 atom stereocenters. The first-order valence-corrected chi connectivity index (χ1v) is 6.58. The molecular weight excluding hydrogens is 282 g/mol. The second-order valence-corrected chi connectivity index (χ2v) is 4.91. The molecule has 2 amide bonds. The standard InChI is InChI=1S/C14H16F2N2O3/c1-17(6-7-19)13(20)10-4-5-18(14(10)21)9-2-3-11(15)12(16)8-9/h2-3,8,10,19H,4-7H2,1H3. The second-order valence-electron chi connectivity index (χ2n) is 4.91. The minimum atomic E-state index is -1.03. The predicted molar refractivity (Wildman–Crippen MR) is 71.5 cm³/mol. The van der Waals surface area contributed by atoms with Crippen LogP contribution < -0.4 is 4.90 Å². The molecule has 2 rings (SSSR count). The van der Waals surface area contributed by atoms with Crippen LogP contribution in [0.1, 0.15) is 6.42 Å². The molecule has 114 valence electrons. The van der Waals surface area contributed by atoms with Crippen LogP contribution in [0, 0.1) is 17.6 Å². The van der Waals surface area contributed by atoms with Crippen LogP contribution in [0.25, 0.3) is 0 Å². The van der Waals surface area contributed by atoms with Gasteiger partial charge in [0.25, 0.3) is 0 Å². The van der Waals surface area contributed by atoms with E-state index in [-0.39, 0.29) is 31.3 Å². The van der Waals surface area contributed by atoms with Crippen molar-refractivity contribution in [3.05, 3.63) is 29.8 Å². The number of benzene rings is 1. The van der Waals surface area contributed by atoms with Crippen molar-refractivity contribution in [1.29, 1.82) is 0 Å². The minimum Gasteiger partial charge on any atom is -0.395 e. The average molecular weight is 298 g/mol. The smallest absolute Gasteiger partial charge is 0.239 e. The van der Waals surface area contributed by atoms with Crippen molar-refractivity contribution < 1.29 is 23.5 Å². The summed E-state index contributed by atoms with van der Waals surface area (Å²) in [6.45, 7) is 0.233. The number of rotatable bonds is 4. The Morgan fingerprint density at radius 3 is 2.76 bits per heavy atom. The quantitative estimate of drug-likeness (QED) is 0.835. The van der Waals surface area contributed by atoms with E-state index in [1.165, 1.54) is 22.9 Å². The molecule has 7 heteroatoms. The van der Waals surface area contributed by atoms with Crippen molar-refractivity contribution in [2.75, 3.05) is 31.6 Å². The van der Waals surface area contributed by atoms with Gasteiger partial charge in [-0.3, -0.25) is 9.59 Å². The highest BCUT2D eigenvalue weighted by Gasteiger charge is 2.39. The molecule has 21 heavy (non-hydrogen) atoms. The van der Waals surface area contributed by atoms with Gasteiger partial charge in [-0.25, -0.2) is 8.78 Å². The molecule has 0 spiro atoms. The van der Waals surface area contributed by atoms with E-state index in [1.807, 2.05) is 0 Å². The van der Waals surface area contributed by atoms with E-state index in [0.717, 1.165) is 12.1 Å². The average Bonchev–Trinajstić information content (AvgIpc) is 2.83. The summed E-state index contributed by atoms with van der Waals surface area (Å²) in [5.74, 6) is -3.67. The molecular formula is C14H16F2N2O3. The van der Waals surface area contributed by atoms with Crippen molar-refractivity contribution in [1.82, 2.24) is 4.90 Å². The Morgan fingerprint density at radius 1 is 1.43 bits per heavy atom. The van der Waals surface area contributed by atoms with E-state index < -0.39 is 23.5 Å². The van der Waals surface area contributed by atoms with Crippen LogP contribution >= 0.6 is 0 Å². The van der Waals surface area contributed by atoms with Gasteiger partial charge in [0, 0.05) is 31.9 Å². The van der Waals surface area contributed by atoms with Crippen molar-refractivity contribution in [2.24, 2.45) is 5.92 Å². The first-order valence-electron chi connectivity index (χ1n) is 6.58. The maximum absolute atomic E-state index is 13.2. The number of anilines is 1. The largest absolute Gasteiger partial charge is 0.395 e. The number of aliphatic hydroxyl groups is 1. The van der Waals surface area contributed by atoms with Crippen LogP contribution in [0.4, 0.5) is 14.5 Å². The zero-order chi connectivity index (χ0) is 15.6. The monoisotopic (exact) mass is 298 g/mol. The molecule has 1 heterocycles. The summed E-state index contributed by atoms with van der Waals surface area (Å²) >= 11 is 0. The summed E-state index contributed by atoms with van der Waals surface area (Å²) in [6.07, 6.45) is 0.312. The Hall–Kier alpha value is -2.02. The van der Waals surface area contributed by atoms with Crippen LogP contribution in [0.15, 0.2) is 18.2 Å². The molecule has 0 bridgehead atoms. The van der Waals surface area contributed by atoms with Gasteiger partial charge in [0.05, 0.1) is 6.61 Å². The van der Waals surface area contributed by atoms with Gasteiger partial charge in [-0.05, 0) is 18.6 Å². The summed E-state index contributed by atoms with van der Waals surface area (Å²) in [5.41, 5.74) is 0.235. The fourth-order valence-electron chi connectivity index (χ4n) is 2.34. The van der Waals surface area contributed by atoms with E-state index in [0.29, 0.717) is 6.42 Å². The number of hydrogen-bond acceptors (Lipinski definition) is 3. The number of carbonyl (C=O) groups excluding carboxylic acids is 2. The van der Waals surface area contributed by atoms with Gasteiger partial charge in [-0.1, -0.05) is 0 Å². The van der Waals surface area contributed by atoms with Gasteiger partial charge in [-0.15, -0.1) is 0 Å². The minimum absolute atomic E-state index is 0.147. The first-order chi connectivity index (χ1) is 9.95. The van der Waals surface area contributed by atoms with Gasteiger partial charge in [0.15, 0.2) is 11.6 Å². The topological polar surface area (TPSA) is 60.9 Å². The van der Waals surface area contributed by atoms with Crippen LogP contribution in [-0.2, 0) is 9.59 Å². The molecule has 1 aromatic rings. The lowest BCUT2D eigenvalue weighted by atomic mass is 10.1. The van der Waals surface area contributed by atoms with E-state index >= 15 is 0 Å². The molecule has 0 radical (unpaired) electrons. The number of hydrogen-bond donors (Lipinski definition) is 1. The maximum Gasteiger partial charge on any atom is 0.239 e. The highest BCUT2D eigenvalue weighted by atomic mass is 19.2. The lowest BCUT2D eigenvalue weighted by molar-refractivity contribution is -0.139. The number of halogens is 2. The molecule has 5 nitrogen and oxygen atoms in total. The summed E-state index contributed by atoms with van der Waals surface area (Å²) in [7, 11) is 1.51. The maximum atomic E-state index is 13.2. The molecule has 1 aliphatic heterocycles. The van der Waals surface area contributed by atoms with Gasteiger partial charge in [0.2, 0.25) is 11.8 Å². The molecule has 1 N–H and O–H groups in total. The van der Waals surface area contributed by atoms with Gasteiger partial charge >= 0.3 is 0 Å². The van der Waals surface area contributed by atoms with Crippen LogP contribution in [-0.4, -0.2) is 48.6 Å². The molecule has 1 aliphatic rings.